The number of rotatable bonds is 3. The second-order valence-electron chi connectivity index (χ2n) is 4.82. The first-order chi connectivity index (χ1) is 11.0. The Bertz CT molecular complexity index is 938. The Balaban J connectivity index is 1.97. The number of fused-ring (bicyclic) bond motifs is 1. The molecule has 3 rings (SSSR count). The molecule has 0 aromatic heterocycles. The molecule has 0 spiro atoms. The van der Waals surface area contributed by atoms with Crippen LogP contribution >= 0.6 is 0 Å². The summed E-state index contributed by atoms with van der Waals surface area (Å²) in [7, 11) is 0. The van der Waals surface area contributed by atoms with E-state index >= 15 is 0 Å². The largest absolute Gasteiger partial charge is 0.506 e. The average molecular weight is 309 g/mol. The first-order valence-electron chi connectivity index (χ1n) is 6.65. The minimum absolute atomic E-state index is 0.0474. The van der Waals surface area contributed by atoms with Crippen molar-refractivity contribution in [1.29, 1.82) is 0 Å². The predicted molar refractivity (Wildman–Crippen MR) is 84.6 cm³/mol. The Morgan fingerprint density at radius 3 is 2.09 bits per heavy atom. The quantitative estimate of drug-likeness (QED) is 0.419. The van der Waals surface area contributed by atoms with Crippen molar-refractivity contribution in [2.75, 3.05) is 0 Å². The number of hydrogen-bond acceptors (Lipinski definition) is 6. The smallest absolute Gasteiger partial charge is 0.273 e. The fourth-order valence-electron chi connectivity index (χ4n) is 2.11. The van der Waals surface area contributed by atoms with Crippen molar-refractivity contribution < 1.29 is 15.1 Å². The molecule has 0 aliphatic rings. The van der Waals surface area contributed by atoms with Gasteiger partial charge in [0.2, 0.25) is 0 Å². The lowest BCUT2D eigenvalue weighted by molar-refractivity contribution is -0.384. The van der Waals surface area contributed by atoms with Gasteiger partial charge in [0.1, 0.15) is 22.9 Å². The lowest BCUT2D eigenvalue weighted by Crippen LogP contribution is -1.86. The molecule has 114 valence electrons. The molecule has 2 N–H and O–H groups in total. The summed E-state index contributed by atoms with van der Waals surface area (Å²) in [5.41, 5.74) is 0.0691. The zero-order valence-electron chi connectivity index (χ0n) is 11.7. The minimum atomic E-state index is -0.615. The number of benzene rings is 3. The van der Waals surface area contributed by atoms with Crippen LogP contribution in [-0.2, 0) is 0 Å². The SMILES string of the molecule is O=[N+]([O-])c1ccc(N=Nc2cc3ccccc3cc2O)c(O)c1. The highest BCUT2D eigenvalue weighted by molar-refractivity contribution is 5.87. The number of hydrogen-bond donors (Lipinski definition) is 2. The van der Waals surface area contributed by atoms with Crippen LogP contribution in [0.3, 0.4) is 0 Å². The molecule has 23 heavy (non-hydrogen) atoms. The molecule has 0 amide bonds. The van der Waals surface area contributed by atoms with E-state index in [1.807, 2.05) is 24.3 Å². The van der Waals surface area contributed by atoms with Crippen LogP contribution in [0.25, 0.3) is 10.8 Å². The van der Waals surface area contributed by atoms with Gasteiger partial charge in [0.05, 0.1) is 11.0 Å². The highest BCUT2D eigenvalue weighted by atomic mass is 16.6. The van der Waals surface area contributed by atoms with Crippen molar-refractivity contribution in [2.24, 2.45) is 10.2 Å². The summed E-state index contributed by atoms with van der Waals surface area (Å²) < 4.78 is 0. The summed E-state index contributed by atoms with van der Waals surface area (Å²) in [5.74, 6) is -0.405. The summed E-state index contributed by atoms with van der Waals surface area (Å²) >= 11 is 0. The van der Waals surface area contributed by atoms with Crippen molar-refractivity contribution in [3.63, 3.8) is 0 Å². The molecule has 0 unspecified atom stereocenters. The van der Waals surface area contributed by atoms with Crippen molar-refractivity contribution in [1.82, 2.24) is 0 Å². The molecule has 0 saturated carbocycles. The van der Waals surface area contributed by atoms with E-state index in [2.05, 4.69) is 10.2 Å². The van der Waals surface area contributed by atoms with Gasteiger partial charge in [-0.05, 0) is 29.0 Å². The van der Waals surface area contributed by atoms with Gasteiger partial charge in [0.25, 0.3) is 5.69 Å². The van der Waals surface area contributed by atoms with Gasteiger partial charge >= 0.3 is 0 Å². The Morgan fingerprint density at radius 2 is 1.43 bits per heavy atom. The fourth-order valence-corrected chi connectivity index (χ4v) is 2.11. The van der Waals surface area contributed by atoms with Gasteiger partial charge in [-0.15, -0.1) is 10.2 Å². The Kier molecular flexibility index (Phi) is 3.60. The zero-order valence-corrected chi connectivity index (χ0v) is 11.7. The first-order valence-corrected chi connectivity index (χ1v) is 6.65. The van der Waals surface area contributed by atoms with Gasteiger partial charge < -0.3 is 10.2 Å². The van der Waals surface area contributed by atoms with Gasteiger partial charge in [-0.3, -0.25) is 10.1 Å². The van der Waals surface area contributed by atoms with E-state index in [9.17, 15) is 20.3 Å². The van der Waals surface area contributed by atoms with Crippen LogP contribution in [0.15, 0.2) is 64.8 Å². The van der Waals surface area contributed by atoms with Crippen LogP contribution in [0.2, 0.25) is 0 Å². The highest BCUT2D eigenvalue weighted by Gasteiger charge is 2.10. The summed E-state index contributed by atoms with van der Waals surface area (Å²) in [6.07, 6.45) is 0. The van der Waals surface area contributed by atoms with Gasteiger partial charge in [0, 0.05) is 6.07 Å². The monoisotopic (exact) mass is 309 g/mol. The van der Waals surface area contributed by atoms with Crippen LogP contribution in [0, 0.1) is 10.1 Å². The van der Waals surface area contributed by atoms with Gasteiger partial charge in [0.15, 0.2) is 0 Å². The van der Waals surface area contributed by atoms with E-state index in [0.717, 1.165) is 16.8 Å². The standard InChI is InChI=1S/C16H11N3O4/c20-15-8-11-4-2-1-3-10(11)7-14(15)18-17-13-6-5-12(19(22)23)9-16(13)21/h1-9,20-21H. The number of nitro benzene ring substituents is 1. The number of nitrogens with zero attached hydrogens (tertiary/aromatic N) is 3. The van der Waals surface area contributed by atoms with Crippen LogP contribution < -0.4 is 0 Å². The molecule has 0 radical (unpaired) electrons. The number of aromatic hydroxyl groups is 2. The highest BCUT2D eigenvalue weighted by Crippen LogP contribution is 2.35. The maximum absolute atomic E-state index is 10.6. The molecule has 7 heteroatoms. The normalized spacial score (nSPS) is 11.1. The molecule has 7 nitrogen and oxygen atoms in total. The van der Waals surface area contributed by atoms with Gasteiger partial charge in [-0.1, -0.05) is 24.3 Å². The van der Waals surface area contributed by atoms with Crippen LogP contribution in [0.1, 0.15) is 0 Å². The Hall–Kier alpha value is -3.48. The zero-order chi connectivity index (χ0) is 16.4. The number of nitro groups is 1. The van der Waals surface area contributed by atoms with Crippen molar-refractivity contribution in [3.8, 4) is 11.5 Å². The summed E-state index contributed by atoms with van der Waals surface area (Å²) in [4.78, 5) is 10.0. The second-order valence-corrected chi connectivity index (χ2v) is 4.82. The molecule has 3 aromatic rings. The van der Waals surface area contributed by atoms with Gasteiger partial charge in [-0.25, -0.2) is 0 Å². The Morgan fingerprint density at radius 1 is 0.826 bits per heavy atom. The molecule has 0 aliphatic carbocycles. The molecule has 0 saturated heterocycles. The molecule has 0 aliphatic heterocycles. The lowest BCUT2D eigenvalue weighted by Gasteiger charge is -2.02. The number of phenolic OH excluding ortho intramolecular Hbond substituents is 2. The molecule has 0 atom stereocenters. The maximum atomic E-state index is 10.6. The second kappa shape index (κ2) is 5.72. The third-order valence-electron chi connectivity index (χ3n) is 3.28. The summed E-state index contributed by atoms with van der Waals surface area (Å²) in [6, 6.07) is 14.2. The Labute approximate surface area is 130 Å². The molecule has 0 bridgehead atoms. The van der Waals surface area contributed by atoms with Crippen molar-refractivity contribution >= 4 is 27.8 Å². The third-order valence-corrected chi connectivity index (χ3v) is 3.28. The molecular weight excluding hydrogens is 298 g/mol. The van der Waals surface area contributed by atoms with E-state index < -0.39 is 4.92 Å². The van der Waals surface area contributed by atoms with E-state index in [1.165, 1.54) is 12.1 Å². The van der Waals surface area contributed by atoms with Crippen LogP contribution in [0.4, 0.5) is 17.1 Å². The topological polar surface area (TPSA) is 108 Å². The van der Waals surface area contributed by atoms with Gasteiger partial charge in [-0.2, -0.15) is 0 Å². The van der Waals surface area contributed by atoms with Crippen LogP contribution in [0.5, 0.6) is 11.5 Å². The third kappa shape index (κ3) is 2.93. The van der Waals surface area contributed by atoms with E-state index in [1.54, 1.807) is 12.1 Å². The molecule has 0 fully saturated rings. The number of non-ortho nitro benzene ring substituents is 1. The number of phenols is 2. The van der Waals surface area contributed by atoms with E-state index in [0.29, 0.717) is 0 Å². The first kappa shape index (κ1) is 14.5. The van der Waals surface area contributed by atoms with E-state index in [4.69, 9.17) is 0 Å². The summed E-state index contributed by atoms with van der Waals surface area (Å²) in [6.45, 7) is 0. The number of azo groups is 1. The van der Waals surface area contributed by atoms with Crippen molar-refractivity contribution in [2.45, 2.75) is 0 Å². The minimum Gasteiger partial charge on any atom is -0.506 e. The average Bonchev–Trinajstić information content (AvgIpc) is 2.53. The maximum Gasteiger partial charge on any atom is 0.273 e. The fraction of sp³-hybridized carbons (Fsp3) is 0. The molecular formula is C16H11N3O4. The molecule has 0 heterocycles. The van der Waals surface area contributed by atoms with E-state index in [-0.39, 0.29) is 28.6 Å². The lowest BCUT2D eigenvalue weighted by atomic mass is 10.1. The van der Waals surface area contributed by atoms with Crippen LogP contribution in [-0.4, -0.2) is 15.1 Å². The van der Waals surface area contributed by atoms with Crippen molar-refractivity contribution in [3.05, 3.63) is 64.7 Å². The predicted octanol–water partition coefficient (Wildman–Crippen LogP) is 4.57. The summed E-state index contributed by atoms with van der Waals surface area (Å²) in [5, 5.41) is 39.8. The molecule has 3 aromatic carbocycles.